The zero-order chi connectivity index (χ0) is 11.8. The normalized spacial score (nSPS) is 10.8. The van der Waals surface area contributed by atoms with E-state index in [0.29, 0.717) is 5.52 Å². The molecular weight excluding hydrogens is 216 g/mol. The summed E-state index contributed by atoms with van der Waals surface area (Å²) >= 11 is 0. The second kappa shape index (κ2) is 3.52. The van der Waals surface area contributed by atoms with Crippen molar-refractivity contribution in [1.29, 1.82) is 0 Å². The third-order valence-electron chi connectivity index (χ3n) is 2.72. The van der Waals surface area contributed by atoms with Crippen LogP contribution in [0.15, 0.2) is 48.5 Å². The Bertz CT molecular complexity index is 738. The molecule has 0 aliphatic rings. The highest BCUT2D eigenvalue weighted by molar-refractivity contribution is 5.96. The molecule has 3 rings (SSSR count). The molecule has 17 heavy (non-hydrogen) atoms. The summed E-state index contributed by atoms with van der Waals surface area (Å²) in [7, 11) is 0. The van der Waals surface area contributed by atoms with Crippen LogP contribution in [0.5, 0.6) is 0 Å². The van der Waals surface area contributed by atoms with Crippen LogP contribution in [0.4, 0.5) is 5.69 Å². The van der Waals surface area contributed by atoms with Crippen LogP contribution in [0.2, 0.25) is 0 Å². The molecule has 82 valence electrons. The lowest BCUT2D eigenvalue weighted by Gasteiger charge is -2.01. The van der Waals surface area contributed by atoms with Crippen LogP contribution in [0, 0.1) is 10.1 Å². The van der Waals surface area contributed by atoms with Gasteiger partial charge in [-0.15, -0.1) is 0 Å². The van der Waals surface area contributed by atoms with Crippen LogP contribution in [0.1, 0.15) is 0 Å². The molecular formula is C13H8N2O2. The van der Waals surface area contributed by atoms with Crippen molar-refractivity contribution in [2.45, 2.75) is 0 Å². The molecule has 0 aliphatic carbocycles. The average Bonchev–Trinajstić information content (AvgIpc) is 2.35. The van der Waals surface area contributed by atoms with E-state index in [1.54, 1.807) is 6.07 Å². The van der Waals surface area contributed by atoms with E-state index in [4.69, 9.17) is 0 Å². The summed E-state index contributed by atoms with van der Waals surface area (Å²) < 4.78 is 0. The minimum absolute atomic E-state index is 0.0493. The average molecular weight is 224 g/mol. The number of hydrogen-bond donors (Lipinski definition) is 0. The number of hydrogen-bond acceptors (Lipinski definition) is 3. The highest BCUT2D eigenvalue weighted by atomic mass is 16.6. The Hall–Kier alpha value is -2.49. The number of aromatic nitrogens is 1. The molecule has 3 aromatic rings. The minimum Gasteiger partial charge on any atom is -0.258 e. The van der Waals surface area contributed by atoms with Crippen molar-refractivity contribution >= 4 is 27.5 Å². The number of nitro groups is 1. The molecule has 0 atom stereocenters. The van der Waals surface area contributed by atoms with Gasteiger partial charge in [-0.25, -0.2) is 4.98 Å². The number of para-hydroxylation sites is 2. The maximum Gasteiger partial charge on any atom is 0.295 e. The van der Waals surface area contributed by atoms with Gasteiger partial charge in [0.2, 0.25) is 0 Å². The van der Waals surface area contributed by atoms with Crippen molar-refractivity contribution in [2.24, 2.45) is 0 Å². The van der Waals surface area contributed by atoms with Gasteiger partial charge in [0, 0.05) is 16.8 Å². The monoisotopic (exact) mass is 224 g/mol. The summed E-state index contributed by atoms with van der Waals surface area (Å²) in [4.78, 5) is 14.9. The third kappa shape index (κ3) is 1.50. The summed E-state index contributed by atoms with van der Waals surface area (Å²) in [6.07, 6.45) is 0. The Balaban J connectivity index is 2.47. The Morgan fingerprint density at radius 1 is 1.00 bits per heavy atom. The molecule has 0 radical (unpaired) electrons. The van der Waals surface area contributed by atoms with E-state index < -0.39 is 4.92 Å². The lowest BCUT2D eigenvalue weighted by atomic mass is 10.1. The van der Waals surface area contributed by atoms with Gasteiger partial charge in [0.15, 0.2) is 0 Å². The van der Waals surface area contributed by atoms with Crippen molar-refractivity contribution in [1.82, 2.24) is 4.98 Å². The van der Waals surface area contributed by atoms with Crippen LogP contribution in [-0.2, 0) is 0 Å². The zero-order valence-electron chi connectivity index (χ0n) is 8.83. The topological polar surface area (TPSA) is 56.0 Å². The van der Waals surface area contributed by atoms with Gasteiger partial charge in [0.1, 0.15) is 5.52 Å². The lowest BCUT2D eigenvalue weighted by Crippen LogP contribution is -1.91. The quantitative estimate of drug-likeness (QED) is 0.362. The predicted octanol–water partition coefficient (Wildman–Crippen LogP) is 3.30. The molecule has 0 saturated heterocycles. The number of nitrogens with zero attached hydrogens (tertiary/aromatic N) is 2. The smallest absolute Gasteiger partial charge is 0.258 e. The van der Waals surface area contributed by atoms with E-state index >= 15 is 0 Å². The Morgan fingerprint density at radius 2 is 1.76 bits per heavy atom. The zero-order valence-corrected chi connectivity index (χ0v) is 8.83. The molecule has 2 aromatic carbocycles. The van der Waals surface area contributed by atoms with E-state index in [1.165, 1.54) is 6.07 Å². The van der Waals surface area contributed by atoms with Crippen molar-refractivity contribution in [2.75, 3.05) is 0 Å². The van der Waals surface area contributed by atoms with Crippen molar-refractivity contribution in [3.05, 3.63) is 58.6 Å². The molecule has 0 aliphatic heterocycles. The fraction of sp³-hybridized carbons (Fsp3) is 0. The second-order valence-electron chi connectivity index (χ2n) is 3.79. The van der Waals surface area contributed by atoms with Gasteiger partial charge in [0.05, 0.1) is 10.4 Å². The predicted molar refractivity (Wildman–Crippen MR) is 65.9 cm³/mol. The Kier molecular flexibility index (Phi) is 2.01. The molecule has 1 aromatic heterocycles. The maximum absolute atomic E-state index is 10.9. The molecule has 0 saturated carbocycles. The first-order valence-corrected chi connectivity index (χ1v) is 5.18. The van der Waals surface area contributed by atoms with Gasteiger partial charge in [-0.05, 0) is 12.1 Å². The molecule has 0 unspecified atom stereocenters. The second-order valence-corrected chi connectivity index (χ2v) is 3.79. The third-order valence-corrected chi connectivity index (χ3v) is 2.72. The summed E-state index contributed by atoms with van der Waals surface area (Å²) in [5.74, 6) is 0. The number of fused-ring (bicyclic) bond motifs is 2. The highest BCUT2D eigenvalue weighted by Crippen LogP contribution is 2.26. The first-order chi connectivity index (χ1) is 8.25. The first-order valence-electron chi connectivity index (χ1n) is 5.18. The molecule has 0 amide bonds. The summed E-state index contributed by atoms with van der Waals surface area (Å²) in [5.41, 5.74) is 1.26. The van der Waals surface area contributed by atoms with E-state index in [9.17, 15) is 10.1 Å². The standard InChI is InChI=1S/C13H8N2O2/c16-15(17)12-7-3-5-10-8-9-4-1-2-6-11(9)14-13(10)12/h1-8H. The molecule has 0 bridgehead atoms. The number of non-ortho nitro benzene ring substituents is 1. The van der Waals surface area contributed by atoms with Gasteiger partial charge in [-0.2, -0.15) is 0 Å². The molecule has 0 N–H and O–H groups in total. The fourth-order valence-corrected chi connectivity index (χ4v) is 1.93. The number of pyridine rings is 1. The van der Waals surface area contributed by atoms with Crippen molar-refractivity contribution < 1.29 is 4.92 Å². The van der Waals surface area contributed by atoms with E-state index in [2.05, 4.69) is 4.98 Å². The first kappa shape index (κ1) is 9.72. The number of rotatable bonds is 1. The SMILES string of the molecule is O=[N+]([O-])c1cccc2cc3ccccc3nc12. The van der Waals surface area contributed by atoms with Crippen molar-refractivity contribution in [3.63, 3.8) is 0 Å². The van der Waals surface area contributed by atoms with Crippen molar-refractivity contribution in [3.8, 4) is 0 Å². The van der Waals surface area contributed by atoms with Gasteiger partial charge in [0.25, 0.3) is 5.69 Å². The Labute approximate surface area is 96.7 Å². The molecule has 4 heteroatoms. The summed E-state index contributed by atoms with van der Waals surface area (Å²) in [6.45, 7) is 0. The molecule has 0 spiro atoms. The van der Waals surface area contributed by atoms with Gasteiger partial charge in [-0.1, -0.05) is 30.3 Å². The molecule has 1 heterocycles. The van der Waals surface area contributed by atoms with Crippen LogP contribution < -0.4 is 0 Å². The fourth-order valence-electron chi connectivity index (χ4n) is 1.93. The van der Waals surface area contributed by atoms with Gasteiger partial charge < -0.3 is 0 Å². The summed E-state index contributed by atoms with van der Waals surface area (Å²) in [6, 6.07) is 14.5. The highest BCUT2D eigenvalue weighted by Gasteiger charge is 2.12. The van der Waals surface area contributed by atoms with E-state index in [1.807, 2.05) is 36.4 Å². The van der Waals surface area contributed by atoms with Crippen LogP contribution in [-0.4, -0.2) is 9.91 Å². The largest absolute Gasteiger partial charge is 0.295 e. The van der Waals surface area contributed by atoms with Gasteiger partial charge >= 0.3 is 0 Å². The van der Waals surface area contributed by atoms with Crippen LogP contribution in [0.25, 0.3) is 21.8 Å². The summed E-state index contributed by atoms with van der Waals surface area (Å²) in [5, 5.41) is 12.7. The minimum atomic E-state index is -0.399. The van der Waals surface area contributed by atoms with E-state index in [-0.39, 0.29) is 5.69 Å². The van der Waals surface area contributed by atoms with Crippen LogP contribution in [0.3, 0.4) is 0 Å². The van der Waals surface area contributed by atoms with Gasteiger partial charge in [-0.3, -0.25) is 10.1 Å². The number of benzene rings is 2. The Morgan fingerprint density at radius 3 is 2.59 bits per heavy atom. The molecule has 4 nitrogen and oxygen atoms in total. The van der Waals surface area contributed by atoms with E-state index in [0.717, 1.165) is 16.3 Å². The maximum atomic E-state index is 10.9. The van der Waals surface area contributed by atoms with Crippen LogP contribution >= 0.6 is 0 Å². The number of nitro benzene ring substituents is 1. The lowest BCUT2D eigenvalue weighted by molar-refractivity contribution is -0.383. The molecule has 0 fully saturated rings.